The van der Waals surface area contributed by atoms with E-state index in [4.69, 9.17) is 9.84 Å². The van der Waals surface area contributed by atoms with Crippen molar-refractivity contribution in [1.29, 1.82) is 0 Å². The first-order valence-corrected chi connectivity index (χ1v) is 10.6. The normalized spacial score (nSPS) is 17.2. The maximum atomic E-state index is 12.7. The van der Waals surface area contributed by atoms with Crippen molar-refractivity contribution < 1.29 is 29.0 Å². The summed E-state index contributed by atoms with van der Waals surface area (Å²) in [6, 6.07) is 12.2. The molecule has 2 amide bonds. The molecule has 1 atom stereocenters. The third-order valence-electron chi connectivity index (χ3n) is 4.56. The molecule has 1 aliphatic heterocycles. The predicted molar refractivity (Wildman–Crippen MR) is 120 cm³/mol. The number of aromatic carboxylic acids is 1. The van der Waals surface area contributed by atoms with E-state index in [1.807, 2.05) is 0 Å². The van der Waals surface area contributed by atoms with Crippen LogP contribution in [0.25, 0.3) is 0 Å². The Hall–Kier alpha value is -3.66. The number of anilines is 1. The Bertz CT molecular complexity index is 1070. The molecule has 2 N–H and O–H groups in total. The van der Waals surface area contributed by atoms with Crippen LogP contribution in [0.4, 0.5) is 11.4 Å². The number of thioether (sulfide) groups is 1. The number of esters is 1. The number of hydrogen-bond donors (Lipinski definition) is 2. The van der Waals surface area contributed by atoms with Crippen LogP contribution in [-0.2, 0) is 14.3 Å². The van der Waals surface area contributed by atoms with Crippen molar-refractivity contribution in [3.63, 3.8) is 0 Å². The minimum absolute atomic E-state index is 0.00102. The average Bonchev–Trinajstić information content (AvgIpc) is 2.77. The number of carboxylic acid groups (broad SMARTS) is 1. The van der Waals surface area contributed by atoms with Gasteiger partial charge in [-0.15, -0.1) is 0 Å². The van der Waals surface area contributed by atoms with Crippen LogP contribution in [0.15, 0.2) is 53.5 Å². The molecule has 1 fully saturated rings. The van der Waals surface area contributed by atoms with E-state index < -0.39 is 17.2 Å². The number of nitrogens with zero attached hydrogens (tertiary/aromatic N) is 2. The lowest BCUT2D eigenvalue weighted by atomic mass is 10.2. The first kappa shape index (κ1) is 23.0. The Morgan fingerprint density at radius 3 is 2.34 bits per heavy atom. The average molecular weight is 455 g/mol. The molecule has 9 nitrogen and oxygen atoms in total. The van der Waals surface area contributed by atoms with Crippen molar-refractivity contribution in [3.05, 3.63) is 59.7 Å². The molecule has 1 saturated heterocycles. The smallest absolute Gasteiger partial charge is 0.338 e. The lowest BCUT2D eigenvalue weighted by Gasteiger charge is -2.28. The van der Waals surface area contributed by atoms with Crippen LogP contribution in [-0.4, -0.2) is 57.8 Å². The third kappa shape index (κ3) is 5.52. The topological polar surface area (TPSA) is 125 Å². The van der Waals surface area contributed by atoms with E-state index in [1.165, 1.54) is 29.2 Å². The number of rotatable bonds is 6. The van der Waals surface area contributed by atoms with Gasteiger partial charge in [-0.25, -0.2) is 14.6 Å². The van der Waals surface area contributed by atoms with Crippen molar-refractivity contribution in [3.8, 4) is 0 Å². The molecular weight excluding hydrogens is 434 g/mol. The standard InChI is InChI=1S/C22H21N3O6S/c1-3-31-21(30)14-6-10-16(11-7-14)24-22-25(2)18(26)12-17(32-22)19(27)23-15-8-4-13(5-9-15)20(28)29/h4-11,17H,3,12H2,1-2H3,(H,23,27)(H,28,29)/t17-/m1/s1. The summed E-state index contributed by atoms with van der Waals surface area (Å²) < 4.78 is 4.95. The van der Waals surface area contributed by atoms with Crippen LogP contribution in [0.1, 0.15) is 34.1 Å². The van der Waals surface area contributed by atoms with Gasteiger partial charge >= 0.3 is 11.9 Å². The van der Waals surface area contributed by atoms with Gasteiger partial charge in [-0.05, 0) is 55.5 Å². The highest BCUT2D eigenvalue weighted by atomic mass is 32.2. The Morgan fingerprint density at radius 2 is 1.75 bits per heavy atom. The summed E-state index contributed by atoms with van der Waals surface area (Å²) in [6.45, 7) is 2.00. The van der Waals surface area contributed by atoms with Gasteiger partial charge in [0.15, 0.2) is 5.17 Å². The molecule has 166 valence electrons. The third-order valence-corrected chi connectivity index (χ3v) is 5.80. The summed E-state index contributed by atoms with van der Waals surface area (Å²) in [6.07, 6.45) is 0.00102. The van der Waals surface area contributed by atoms with Gasteiger partial charge in [0.2, 0.25) is 11.8 Å². The van der Waals surface area contributed by atoms with Crippen molar-refractivity contribution >= 4 is 52.1 Å². The second-order valence-corrected chi connectivity index (χ2v) is 7.97. The number of amidine groups is 1. The summed E-state index contributed by atoms with van der Waals surface area (Å²) >= 11 is 1.15. The molecule has 0 unspecified atom stereocenters. The van der Waals surface area contributed by atoms with E-state index >= 15 is 0 Å². The van der Waals surface area contributed by atoms with Gasteiger partial charge in [0.05, 0.1) is 23.4 Å². The maximum absolute atomic E-state index is 12.7. The highest BCUT2D eigenvalue weighted by Gasteiger charge is 2.34. The number of nitrogens with one attached hydrogen (secondary N) is 1. The van der Waals surface area contributed by atoms with E-state index in [9.17, 15) is 19.2 Å². The fourth-order valence-electron chi connectivity index (χ4n) is 2.81. The first-order chi connectivity index (χ1) is 15.3. The number of benzene rings is 2. The number of carbonyl (C=O) groups excluding carboxylic acids is 3. The molecule has 2 aromatic rings. The fourth-order valence-corrected chi connectivity index (χ4v) is 3.88. The molecule has 0 radical (unpaired) electrons. The zero-order valence-electron chi connectivity index (χ0n) is 17.4. The molecule has 0 spiro atoms. The van der Waals surface area contributed by atoms with Gasteiger partial charge in [-0.2, -0.15) is 0 Å². The van der Waals surface area contributed by atoms with Crippen LogP contribution < -0.4 is 5.32 Å². The number of ether oxygens (including phenoxy) is 1. The largest absolute Gasteiger partial charge is 0.478 e. The van der Waals surface area contributed by atoms with Crippen molar-refractivity contribution in [2.24, 2.45) is 4.99 Å². The molecule has 0 aliphatic carbocycles. The van der Waals surface area contributed by atoms with Crippen molar-refractivity contribution in [2.75, 3.05) is 19.0 Å². The lowest BCUT2D eigenvalue weighted by Crippen LogP contribution is -2.43. The highest BCUT2D eigenvalue weighted by Crippen LogP contribution is 2.29. The SMILES string of the molecule is CCOC(=O)c1ccc(N=C2S[C@@H](C(=O)Nc3ccc(C(=O)O)cc3)CC(=O)N2C)cc1. The number of amides is 2. The molecule has 0 aromatic heterocycles. The Morgan fingerprint density at radius 1 is 1.12 bits per heavy atom. The highest BCUT2D eigenvalue weighted by molar-refractivity contribution is 8.15. The van der Waals surface area contributed by atoms with E-state index in [0.717, 1.165) is 11.8 Å². The fraction of sp³-hybridized carbons (Fsp3) is 0.227. The molecule has 3 rings (SSSR count). The summed E-state index contributed by atoms with van der Waals surface area (Å²) in [7, 11) is 1.58. The maximum Gasteiger partial charge on any atom is 0.338 e. The molecule has 0 saturated carbocycles. The summed E-state index contributed by atoms with van der Waals surface area (Å²) in [4.78, 5) is 53.7. The van der Waals surface area contributed by atoms with E-state index in [2.05, 4.69) is 10.3 Å². The van der Waals surface area contributed by atoms with Gasteiger partial charge in [-0.3, -0.25) is 14.5 Å². The van der Waals surface area contributed by atoms with Crippen molar-refractivity contribution in [2.45, 2.75) is 18.6 Å². The van der Waals surface area contributed by atoms with Crippen LogP contribution >= 0.6 is 11.8 Å². The summed E-state index contributed by atoms with van der Waals surface area (Å²) in [5, 5.41) is 11.3. The minimum Gasteiger partial charge on any atom is -0.478 e. The number of carbonyl (C=O) groups is 4. The Kier molecular flexibility index (Phi) is 7.26. The monoisotopic (exact) mass is 455 g/mol. The molecule has 1 aliphatic rings. The second kappa shape index (κ2) is 10.1. The summed E-state index contributed by atoms with van der Waals surface area (Å²) in [5.41, 5.74) is 1.45. The van der Waals surface area contributed by atoms with Gasteiger partial charge in [0.1, 0.15) is 5.25 Å². The molecule has 10 heteroatoms. The quantitative estimate of drug-likeness (QED) is 0.641. The van der Waals surface area contributed by atoms with E-state index in [0.29, 0.717) is 22.1 Å². The zero-order chi connectivity index (χ0) is 23.3. The van der Waals surface area contributed by atoms with Crippen LogP contribution in [0.3, 0.4) is 0 Å². The molecule has 1 heterocycles. The van der Waals surface area contributed by atoms with Gasteiger partial charge in [0, 0.05) is 19.2 Å². The van der Waals surface area contributed by atoms with Gasteiger partial charge in [-0.1, -0.05) is 11.8 Å². The molecule has 2 aromatic carbocycles. The number of aliphatic imine (C=N–C) groups is 1. The van der Waals surface area contributed by atoms with Gasteiger partial charge < -0.3 is 15.2 Å². The Labute approximate surface area is 188 Å². The van der Waals surface area contributed by atoms with Crippen LogP contribution in [0, 0.1) is 0 Å². The number of hydrogen-bond acceptors (Lipinski definition) is 7. The lowest BCUT2D eigenvalue weighted by molar-refractivity contribution is -0.128. The van der Waals surface area contributed by atoms with Crippen LogP contribution in [0.5, 0.6) is 0 Å². The van der Waals surface area contributed by atoms with Gasteiger partial charge in [0.25, 0.3) is 0 Å². The zero-order valence-corrected chi connectivity index (χ0v) is 18.2. The van der Waals surface area contributed by atoms with Crippen molar-refractivity contribution in [1.82, 2.24) is 4.90 Å². The number of carboxylic acids is 1. The first-order valence-electron chi connectivity index (χ1n) is 9.71. The van der Waals surface area contributed by atoms with Crippen LogP contribution in [0.2, 0.25) is 0 Å². The molecule has 32 heavy (non-hydrogen) atoms. The van der Waals surface area contributed by atoms with E-state index in [1.54, 1.807) is 38.2 Å². The summed E-state index contributed by atoms with van der Waals surface area (Å²) in [5.74, 6) is -2.13. The molecular formula is C22H21N3O6S. The minimum atomic E-state index is -1.06. The Balaban J connectivity index is 1.72. The second-order valence-electron chi connectivity index (χ2n) is 6.80. The van der Waals surface area contributed by atoms with E-state index in [-0.39, 0.29) is 30.4 Å². The predicted octanol–water partition coefficient (Wildman–Crippen LogP) is 3.15. The molecule has 0 bridgehead atoms.